The molecule has 1 aliphatic rings. The maximum absolute atomic E-state index is 11.7. The molecule has 0 spiro atoms. The van der Waals surface area contributed by atoms with E-state index >= 15 is 0 Å². The summed E-state index contributed by atoms with van der Waals surface area (Å²) in [7, 11) is 1.48. The van der Waals surface area contributed by atoms with E-state index in [4.69, 9.17) is 15.2 Å². The number of pyridine rings is 1. The number of nitrogens with zero attached hydrogens (tertiary/aromatic N) is 4. The molecule has 3 aromatic heterocycles. The van der Waals surface area contributed by atoms with Gasteiger partial charge < -0.3 is 10.1 Å². The monoisotopic (exact) mass is 496 g/mol. The van der Waals surface area contributed by atoms with E-state index in [0.717, 1.165) is 62.9 Å². The van der Waals surface area contributed by atoms with E-state index in [9.17, 15) is 4.79 Å². The van der Waals surface area contributed by atoms with Crippen LogP contribution < -0.4 is 5.32 Å². The second kappa shape index (κ2) is 9.40. The van der Waals surface area contributed by atoms with Gasteiger partial charge in [-0.1, -0.05) is 17.3 Å². The van der Waals surface area contributed by atoms with Gasteiger partial charge >= 0.3 is 0 Å². The van der Waals surface area contributed by atoms with E-state index in [-0.39, 0.29) is 11.8 Å². The molecule has 0 bridgehead atoms. The zero-order chi connectivity index (χ0) is 25.4. The first-order chi connectivity index (χ1) is 17.4. The van der Waals surface area contributed by atoms with Crippen molar-refractivity contribution in [2.75, 3.05) is 12.4 Å². The predicted molar refractivity (Wildman–Crippen MR) is 141 cm³/mol. The Labute approximate surface area is 212 Å². The maximum atomic E-state index is 11.7. The van der Waals surface area contributed by atoms with E-state index in [0.29, 0.717) is 10.7 Å². The van der Waals surface area contributed by atoms with Gasteiger partial charge in [0.1, 0.15) is 0 Å². The molecule has 0 radical (unpaired) electrons. The number of carbonyl (C=O) groups excluding carboxylic acids is 1. The van der Waals surface area contributed by atoms with Crippen molar-refractivity contribution in [3.8, 4) is 39.4 Å². The number of rotatable bonds is 4. The number of hydrogen-bond acceptors (Lipinski definition) is 7. The fraction of sp³-hybridized carbons (Fsp3) is 0.222. The Balaban J connectivity index is 1.77. The Morgan fingerprint density at radius 2 is 2.08 bits per heavy atom. The third-order valence-corrected chi connectivity index (χ3v) is 6.95. The van der Waals surface area contributed by atoms with Gasteiger partial charge in [-0.3, -0.25) is 15.2 Å². The zero-order valence-electron chi connectivity index (χ0n) is 20.4. The normalized spacial score (nSPS) is 11.7. The molecule has 3 heterocycles. The van der Waals surface area contributed by atoms with Crippen molar-refractivity contribution < 1.29 is 9.53 Å². The first-order valence-corrected chi connectivity index (χ1v) is 12.2. The van der Waals surface area contributed by atoms with Crippen LogP contribution in [-0.4, -0.2) is 38.7 Å². The SMILES string of the molecule is CC#Cc1cc(C(=N)OC)ccc1-n1nc(-c2ccc(C)nc2)c2c1-c1sc(NC(C)=O)nc1CC2. The lowest BCUT2D eigenvalue weighted by Crippen LogP contribution is -2.08. The second-order valence-electron chi connectivity index (χ2n) is 8.39. The fourth-order valence-corrected chi connectivity index (χ4v) is 5.42. The van der Waals surface area contributed by atoms with Crippen LogP contribution in [0.5, 0.6) is 0 Å². The number of hydrogen-bond donors (Lipinski definition) is 2. The average molecular weight is 497 g/mol. The van der Waals surface area contributed by atoms with Gasteiger partial charge in [-0.25, -0.2) is 9.67 Å². The highest BCUT2D eigenvalue weighted by atomic mass is 32.1. The number of thiazole rings is 1. The summed E-state index contributed by atoms with van der Waals surface area (Å²) < 4.78 is 7.04. The Morgan fingerprint density at radius 1 is 1.25 bits per heavy atom. The number of aromatic nitrogens is 4. The van der Waals surface area contributed by atoms with E-state index in [1.54, 1.807) is 6.92 Å². The molecule has 0 saturated carbocycles. The molecule has 0 fully saturated rings. The number of carbonyl (C=O) groups is 1. The summed E-state index contributed by atoms with van der Waals surface area (Å²) in [6.07, 6.45) is 3.36. The van der Waals surface area contributed by atoms with Crippen molar-refractivity contribution in [3.63, 3.8) is 0 Å². The molecular formula is C27H24N6O2S. The molecule has 2 N–H and O–H groups in total. The lowest BCUT2D eigenvalue weighted by atomic mass is 9.95. The average Bonchev–Trinajstić information content (AvgIpc) is 3.44. The van der Waals surface area contributed by atoms with Gasteiger partial charge in [0.25, 0.3) is 0 Å². The van der Waals surface area contributed by atoms with Gasteiger partial charge in [0.15, 0.2) is 5.13 Å². The van der Waals surface area contributed by atoms with Gasteiger partial charge in [0.2, 0.25) is 11.8 Å². The zero-order valence-corrected chi connectivity index (χ0v) is 21.2. The first kappa shape index (κ1) is 23.5. The van der Waals surface area contributed by atoms with E-state index in [2.05, 4.69) is 27.1 Å². The highest BCUT2D eigenvalue weighted by molar-refractivity contribution is 7.19. The molecule has 4 aromatic rings. The molecule has 1 amide bonds. The summed E-state index contributed by atoms with van der Waals surface area (Å²) in [6.45, 7) is 5.22. The molecule has 36 heavy (non-hydrogen) atoms. The van der Waals surface area contributed by atoms with Gasteiger partial charge in [-0.15, -0.1) is 5.92 Å². The van der Waals surface area contributed by atoms with Crippen LogP contribution in [0.4, 0.5) is 5.13 Å². The number of ether oxygens (including phenoxy) is 1. The Kier molecular flexibility index (Phi) is 6.12. The number of fused-ring (bicyclic) bond motifs is 3. The second-order valence-corrected chi connectivity index (χ2v) is 9.39. The number of benzene rings is 1. The Hall–Kier alpha value is -4.29. The van der Waals surface area contributed by atoms with Gasteiger partial charge in [0.05, 0.1) is 40.3 Å². The molecule has 180 valence electrons. The summed E-state index contributed by atoms with van der Waals surface area (Å²) in [5.74, 6) is 6.06. The minimum atomic E-state index is -0.155. The van der Waals surface area contributed by atoms with Crippen LogP contribution in [0.2, 0.25) is 0 Å². The fourth-order valence-electron chi connectivity index (χ4n) is 4.30. The molecule has 1 aliphatic carbocycles. The molecule has 1 aromatic carbocycles. The van der Waals surface area contributed by atoms with Crippen molar-refractivity contribution in [2.24, 2.45) is 0 Å². The van der Waals surface area contributed by atoms with Crippen LogP contribution >= 0.6 is 11.3 Å². The molecule has 0 atom stereocenters. The number of anilines is 1. The third kappa shape index (κ3) is 4.16. The smallest absolute Gasteiger partial charge is 0.223 e. The lowest BCUT2D eigenvalue weighted by Gasteiger charge is -2.15. The third-order valence-electron chi connectivity index (χ3n) is 5.93. The van der Waals surface area contributed by atoms with E-state index < -0.39 is 0 Å². The summed E-state index contributed by atoms with van der Waals surface area (Å²) in [4.78, 5) is 21.8. The molecule has 0 saturated heterocycles. The minimum absolute atomic E-state index is 0.0688. The van der Waals surface area contributed by atoms with Gasteiger partial charge in [-0.05, 0) is 57.0 Å². The van der Waals surface area contributed by atoms with E-state index in [1.807, 2.05) is 48.1 Å². The van der Waals surface area contributed by atoms with Gasteiger partial charge in [0, 0.05) is 35.5 Å². The molecule has 0 aliphatic heterocycles. The Morgan fingerprint density at radius 3 is 2.78 bits per heavy atom. The summed E-state index contributed by atoms with van der Waals surface area (Å²) in [5, 5.41) is 16.6. The number of aryl methyl sites for hydroxylation is 2. The molecule has 0 unspecified atom stereocenters. The summed E-state index contributed by atoms with van der Waals surface area (Å²) >= 11 is 1.45. The van der Waals surface area contributed by atoms with Crippen molar-refractivity contribution in [2.45, 2.75) is 33.6 Å². The van der Waals surface area contributed by atoms with Crippen LogP contribution in [0.3, 0.4) is 0 Å². The first-order valence-electron chi connectivity index (χ1n) is 11.4. The summed E-state index contributed by atoms with van der Waals surface area (Å²) in [6, 6.07) is 9.61. The molecule has 9 heteroatoms. The molecule has 8 nitrogen and oxygen atoms in total. The van der Waals surface area contributed by atoms with Crippen LogP contribution in [0.1, 0.15) is 41.9 Å². The van der Waals surface area contributed by atoms with Crippen LogP contribution in [-0.2, 0) is 22.4 Å². The number of amides is 1. The lowest BCUT2D eigenvalue weighted by molar-refractivity contribution is -0.114. The molecular weight excluding hydrogens is 472 g/mol. The Bertz CT molecular complexity index is 1570. The van der Waals surface area contributed by atoms with E-state index in [1.165, 1.54) is 25.4 Å². The van der Waals surface area contributed by atoms with Crippen molar-refractivity contribution in [1.29, 1.82) is 5.41 Å². The van der Waals surface area contributed by atoms with Crippen molar-refractivity contribution in [3.05, 3.63) is 64.6 Å². The maximum Gasteiger partial charge on any atom is 0.223 e. The van der Waals surface area contributed by atoms with Crippen LogP contribution in [0.25, 0.3) is 27.5 Å². The van der Waals surface area contributed by atoms with Crippen LogP contribution in [0, 0.1) is 24.2 Å². The predicted octanol–water partition coefficient (Wildman–Crippen LogP) is 4.77. The highest BCUT2D eigenvalue weighted by Crippen LogP contribution is 2.44. The number of nitrogens with one attached hydrogen (secondary N) is 2. The van der Waals surface area contributed by atoms with Crippen LogP contribution in [0.15, 0.2) is 36.5 Å². The quantitative estimate of drug-likeness (QED) is 0.241. The van der Waals surface area contributed by atoms with Gasteiger partial charge in [-0.2, -0.15) is 5.10 Å². The topological polar surface area (TPSA) is 106 Å². The molecule has 5 rings (SSSR count). The largest absolute Gasteiger partial charge is 0.481 e. The number of methoxy groups -OCH3 is 1. The minimum Gasteiger partial charge on any atom is -0.481 e. The van der Waals surface area contributed by atoms with Crippen molar-refractivity contribution in [1.82, 2.24) is 19.7 Å². The highest BCUT2D eigenvalue weighted by Gasteiger charge is 2.30. The standard InChI is InChI=1S/C27H24N6O2S/c1-5-6-17-13-18(26(28)35-4)9-12-22(17)33-24-20(23(32-33)19-8-7-15(2)29-14-19)10-11-21-25(24)36-27(31-21)30-16(3)34/h7-9,12-14,28H,10-11H2,1-4H3,(H,30,31,34). The summed E-state index contributed by atoms with van der Waals surface area (Å²) in [5.41, 5.74) is 7.88. The van der Waals surface area contributed by atoms with Crippen molar-refractivity contribution >= 4 is 28.3 Å².